The smallest absolute Gasteiger partial charge is 0.270 e. The molecule has 3 N–H and O–H groups in total. The molecule has 0 aliphatic heterocycles. The van der Waals surface area contributed by atoms with Gasteiger partial charge in [-0.2, -0.15) is 0 Å². The van der Waals surface area contributed by atoms with Crippen molar-refractivity contribution in [3.8, 4) is 5.75 Å². The molecule has 1 heterocycles. The van der Waals surface area contributed by atoms with Gasteiger partial charge in [-0.15, -0.1) is 0 Å². The summed E-state index contributed by atoms with van der Waals surface area (Å²) in [6.45, 7) is -0.317. The van der Waals surface area contributed by atoms with E-state index in [2.05, 4.69) is 15.6 Å². The SMILES string of the molecule is O=C(COc1ccc(Cl)c(F)c1)NC12CC(NC(=O)c3cc(C=CCO)ccn3)(C1)C2. The molecule has 0 unspecified atom stereocenters. The maximum Gasteiger partial charge on any atom is 0.270 e. The molecule has 3 aliphatic carbocycles. The van der Waals surface area contributed by atoms with Gasteiger partial charge in [0, 0.05) is 23.3 Å². The Bertz CT molecular complexity index is 1040. The van der Waals surface area contributed by atoms with Gasteiger partial charge >= 0.3 is 0 Å². The van der Waals surface area contributed by atoms with Crippen molar-refractivity contribution in [3.05, 3.63) is 64.7 Å². The van der Waals surface area contributed by atoms with Gasteiger partial charge in [0.15, 0.2) is 6.61 Å². The number of hydrogen-bond donors (Lipinski definition) is 3. The molecule has 2 amide bonds. The van der Waals surface area contributed by atoms with Crippen molar-refractivity contribution in [2.45, 2.75) is 30.3 Å². The Labute approximate surface area is 183 Å². The fraction of sp³-hybridized carbons (Fsp3) is 0.318. The second kappa shape index (κ2) is 8.28. The number of nitrogens with zero attached hydrogens (tertiary/aromatic N) is 1. The van der Waals surface area contributed by atoms with E-state index in [1.54, 1.807) is 30.5 Å². The molecule has 7 nitrogen and oxygen atoms in total. The van der Waals surface area contributed by atoms with Crippen LogP contribution in [0.5, 0.6) is 5.75 Å². The minimum absolute atomic E-state index is 0.0124. The molecule has 162 valence electrons. The zero-order valence-corrected chi connectivity index (χ0v) is 17.3. The third-order valence-electron chi connectivity index (χ3n) is 5.51. The number of aliphatic hydroxyl groups excluding tert-OH is 1. The summed E-state index contributed by atoms with van der Waals surface area (Å²) in [4.78, 5) is 28.9. The first-order valence-electron chi connectivity index (χ1n) is 9.77. The number of halogens is 2. The number of carbonyl (C=O) groups excluding carboxylic acids is 2. The lowest BCUT2D eigenvalue weighted by Crippen LogP contribution is -2.84. The lowest BCUT2D eigenvalue weighted by atomic mass is 9.44. The van der Waals surface area contributed by atoms with Crippen LogP contribution in [0.25, 0.3) is 6.08 Å². The Morgan fingerprint density at radius 3 is 2.65 bits per heavy atom. The Morgan fingerprint density at radius 2 is 1.94 bits per heavy atom. The Balaban J connectivity index is 1.25. The summed E-state index contributed by atoms with van der Waals surface area (Å²) >= 11 is 5.62. The number of pyridine rings is 1. The third-order valence-corrected chi connectivity index (χ3v) is 5.81. The van der Waals surface area contributed by atoms with Crippen LogP contribution >= 0.6 is 11.6 Å². The van der Waals surface area contributed by atoms with Crippen LogP contribution in [-0.4, -0.2) is 46.2 Å². The van der Waals surface area contributed by atoms with E-state index in [0.29, 0.717) is 25.0 Å². The van der Waals surface area contributed by atoms with E-state index in [1.807, 2.05) is 0 Å². The summed E-state index contributed by atoms with van der Waals surface area (Å²) in [5.41, 5.74) is 0.406. The highest BCUT2D eigenvalue weighted by atomic mass is 35.5. The van der Waals surface area contributed by atoms with Crippen molar-refractivity contribution in [1.82, 2.24) is 15.6 Å². The molecular weight excluding hydrogens is 425 g/mol. The molecule has 3 saturated carbocycles. The van der Waals surface area contributed by atoms with Gasteiger partial charge in [-0.05, 0) is 49.1 Å². The lowest BCUT2D eigenvalue weighted by molar-refractivity contribution is -0.141. The van der Waals surface area contributed by atoms with Gasteiger partial charge in [-0.1, -0.05) is 23.8 Å². The summed E-state index contributed by atoms with van der Waals surface area (Å²) in [5.74, 6) is -0.963. The van der Waals surface area contributed by atoms with Crippen LogP contribution in [0.1, 0.15) is 35.3 Å². The van der Waals surface area contributed by atoms with Gasteiger partial charge in [-0.3, -0.25) is 14.6 Å². The summed E-state index contributed by atoms with van der Waals surface area (Å²) in [7, 11) is 0. The van der Waals surface area contributed by atoms with Gasteiger partial charge in [0.05, 0.1) is 11.6 Å². The molecule has 5 rings (SSSR count). The molecule has 3 fully saturated rings. The van der Waals surface area contributed by atoms with Crippen LogP contribution in [0.2, 0.25) is 5.02 Å². The van der Waals surface area contributed by atoms with Crippen molar-refractivity contribution in [2.75, 3.05) is 13.2 Å². The van der Waals surface area contributed by atoms with E-state index >= 15 is 0 Å². The quantitative estimate of drug-likeness (QED) is 0.579. The predicted molar refractivity (Wildman–Crippen MR) is 112 cm³/mol. The first kappa shape index (κ1) is 21.3. The van der Waals surface area contributed by atoms with Crippen molar-refractivity contribution >= 4 is 29.5 Å². The topological polar surface area (TPSA) is 101 Å². The number of nitrogens with one attached hydrogen (secondary N) is 2. The maximum absolute atomic E-state index is 13.4. The van der Waals surface area contributed by atoms with E-state index in [9.17, 15) is 14.0 Å². The van der Waals surface area contributed by atoms with E-state index in [0.717, 1.165) is 11.6 Å². The highest BCUT2D eigenvalue weighted by Gasteiger charge is 2.69. The molecule has 3 aliphatic rings. The zero-order valence-electron chi connectivity index (χ0n) is 16.5. The number of rotatable bonds is 8. The van der Waals surface area contributed by atoms with E-state index in [-0.39, 0.29) is 46.9 Å². The number of ether oxygens (including phenoxy) is 1. The highest BCUT2D eigenvalue weighted by molar-refractivity contribution is 6.30. The summed E-state index contributed by atoms with van der Waals surface area (Å²) in [6.07, 6.45) is 6.75. The van der Waals surface area contributed by atoms with Crippen LogP contribution in [0.15, 0.2) is 42.6 Å². The summed E-state index contributed by atoms with van der Waals surface area (Å²) in [5, 5.41) is 14.8. The Morgan fingerprint density at radius 1 is 1.19 bits per heavy atom. The van der Waals surface area contributed by atoms with E-state index in [4.69, 9.17) is 21.4 Å². The van der Waals surface area contributed by atoms with Crippen LogP contribution < -0.4 is 15.4 Å². The average molecular weight is 446 g/mol. The van der Waals surface area contributed by atoms with Crippen molar-refractivity contribution in [3.63, 3.8) is 0 Å². The molecule has 0 atom stereocenters. The Hall–Kier alpha value is -2.97. The van der Waals surface area contributed by atoms with Crippen molar-refractivity contribution in [1.29, 1.82) is 0 Å². The zero-order chi connectivity index (χ0) is 22.1. The second-order valence-electron chi connectivity index (χ2n) is 8.02. The molecule has 1 aromatic heterocycles. The van der Waals surface area contributed by atoms with Crippen LogP contribution in [-0.2, 0) is 4.79 Å². The molecule has 31 heavy (non-hydrogen) atoms. The van der Waals surface area contributed by atoms with Crippen LogP contribution in [0.3, 0.4) is 0 Å². The number of aliphatic hydroxyl groups is 1. The van der Waals surface area contributed by atoms with Gasteiger partial charge < -0.3 is 20.5 Å². The number of aromatic nitrogens is 1. The van der Waals surface area contributed by atoms with Gasteiger partial charge in [-0.25, -0.2) is 4.39 Å². The fourth-order valence-corrected chi connectivity index (χ4v) is 4.39. The van der Waals surface area contributed by atoms with Gasteiger partial charge in [0.1, 0.15) is 17.3 Å². The monoisotopic (exact) mass is 445 g/mol. The minimum atomic E-state index is -0.610. The van der Waals surface area contributed by atoms with Crippen molar-refractivity contribution < 1.29 is 23.8 Å². The molecular formula is C22H21ClFN3O4. The minimum Gasteiger partial charge on any atom is -0.484 e. The standard InChI is InChI=1S/C22H21ClFN3O4/c23-16-4-3-15(9-17(16)24)31-10-19(29)26-21-11-22(12-21,13-21)27-20(30)18-8-14(2-1-7-28)5-6-25-18/h1-6,8-9,28H,7,10-13H2,(H,26,29)(H,27,30). The number of carbonyl (C=O) groups is 2. The first-order chi connectivity index (χ1) is 14.8. The number of benzene rings is 1. The predicted octanol–water partition coefficient (Wildman–Crippen LogP) is 2.48. The third kappa shape index (κ3) is 4.55. The van der Waals surface area contributed by atoms with Gasteiger partial charge in [0.2, 0.25) is 0 Å². The number of hydrogen-bond acceptors (Lipinski definition) is 5. The molecule has 0 radical (unpaired) electrons. The van der Waals surface area contributed by atoms with Gasteiger partial charge in [0.25, 0.3) is 11.8 Å². The normalized spacial score (nSPS) is 23.6. The van der Waals surface area contributed by atoms with E-state index < -0.39 is 5.82 Å². The van der Waals surface area contributed by atoms with Crippen molar-refractivity contribution in [2.24, 2.45) is 0 Å². The molecule has 0 spiro atoms. The van der Waals surface area contributed by atoms with E-state index in [1.165, 1.54) is 12.1 Å². The molecule has 2 bridgehead atoms. The average Bonchev–Trinajstić information content (AvgIpc) is 2.70. The summed E-state index contributed by atoms with van der Waals surface area (Å²) < 4.78 is 18.7. The largest absolute Gasteiger partial charge is 0.484 e. The molecule has 0 saturated heterocycles. The molecule has 2 aromatic rings. The van der Waals surface area contributed by atoms with Crippen LogP contribution in [0.4, 0.5) is 4.39 Å². The Kier molecular flexibility index (Phi) is 5.68. The number of amides is 2. The summed E-state index contributed by atoms with van der Waals surface area (Å²) in [6, 6.07) is 7.39. The lowest BCUT2D eigenvalue weighted by Gasteiger charge is -2.70. The maximum atomic E-state index is 13.4. The van der Waals surface area contributed by atoms with Crippen LogP contribution in [0, 0.1) is 5.82 Å². The fourth-order valence-electron chi connectivity index (χ4n) is 4.27. The molecule has 1 aromatic carbocycles. The first-order valence-corrected chi connectivity index (χ1v) is 10.1. The second-order valence-corrected chi connectivity index (χ2v) is 8.42. The molecule has 9 heteroatoms. The highest BCUT2D eigenvalue weighted by Crippen LogP contribution is 2.60.